The second-order valence-corrected chi connectivity index (χ2v) is 4.12. The van der Waals surface area contributed by atoms with Gasteiger partial charge in [0.05, 0.1) is 6.61 Å². The van der Waals surface area contributed by atoms with E-state index in [1.165, 1.54) is 25.7 Å². The minimum Gasteiger partial charge on any atom is -0.380 e. The molecule has 1 fully saturated rings. The maximum atomic E-state index is 5.59. The second-order valence-electron chi connectivity index (χ2n) is 4.12. The highest BCUT2D eigenvalue weighted by atomic mass is 16.5. The van der Waals surface area contributed by atoms with Crippen molar-refractivity contribution in [1.29, 1.82) is 0 Å². The topological polar surface area (TPSA) is 21.3 Å². The summed E-state index contributed by atoms with van der Waals surface area (Å²) in [5.41, 5.74) is 0. The van der Waals surface area contributed by atoms with Crippen LogP contribution in [0.25, 0.3) is 0 Å². The van der Waals surface area contributed by atoms with Crippen LogP contribution in [-0.2, 0) is 4.74 Å². The number of ether oxygens (including phenoxy) is 1. The Hall–Kier alpha value is -0.0800. The van der Waals surface area contributed by atoms with Crippen molar-refractivity contribution in [1.82, 2.24) is 5.32 Å². The summed E-state index contributed by atoms with van der Waals surface area (Å²) in [4.78, 5) is 0. The third kappa shape index (κ3) is 4.63. The van der Waals surface area contributed by atoms with E-state index in [1.54, 1.807) is 0 Å². The standard InChI is InChI=1S/C11H23NO/c1-3-12-10(2)9-13-8-7-11-5-4-6-11/h10-12H,3-9H2,1-2H3. The molecule has 1 saturated carbocycles. The van der Waals surface area contributed by atoms with E-state index in [4.69, 9.17) is 4.74 Å². The van der Waals surface area contributed by atoms with Crippen molar-refractivity contribution in [2.75, 3.05) is 19.8 Å². The van der Waals surface area contributed by atoms with Gasteiger partial charge in [0.15, 0.2) is 0 Å². The van der Waals surface area contributed by atoms with Crippen LogP contribution in [0.5, 0.6) is 0 Å². The summed E-state index contributed by atoms with van der Waals surface area (Å²) in [5.74, 6) is 0.981. The highest BCUT2D eigenvalue weighted by molar-refractivity contribution is 4.69. The number of likely N-dealkylation sites (N-methyl/N-ethyl adjacent to an activating group) is 1. The Morgan fingerprint density at radius 3 is 2.77 bits per heavy atom. The molecule has 0 amide bonds. The number of nitrogens with one attached hydrogen (secondary N) is 1. The van der Waals surface area contributed by atoms with Crippen LogP contribution in [0.15, 0.2) is 0 Å². The Labute approximate surface area is 82.0 Å². The SMILES string of the molecule is CCNC(C)COCCC1CCC1. The summed E-state index contributed by atoms with van der Waals surface area (Å²) in [6.07, 6.45) is 5.59. The molecule has 0 aromatic carbocycles. The highest BCUT2D eigenvalue weighted by Crippen LogP contribution is 2.28. The first-order valence-electron chi connectivity index (χ1n) is 5.64. The maximum absolute atomic E-state index is 5.59. The average molecular weight is 185 g/mol. The van der Waals surface area contributed by atoms with E-state index in [0.29, 0.717) is 6.04 Å². The van der Waals surface area contributed by atoms with Crippen LogP contribution in [0.4, 0.5) is 0 Å². The quantitative estimate of drug-likeness (QED) is 0.614. The molecule has 0 bridgehead atoms. The minimum atomic E-state index is 0.506. The lowest BCUT2D eigenvalue weighted by Gasteiger charge is -2.25. The fourth-order valence-electron chi connectivity index (χ4n) is 1.70. The Balaban J connectivity index is 1.82. The van der Waals surface area contributed by atoms with Gasteiger partial charge in [-0.2, -0.15) is 0 Å². The van der Waals surface area contributed by atoms with E-state index in [2.05, 4.69) is 19.2 Å². The minimum absolute atomic E-state index is 0.506. The van der Waals surface area contributed by atoms with Gasteiger partial charge >= 0.3 is 0 Å². The summed E-state index contributed by atoms with van der Waals surface area (Å²) in [7, 11) is 0. The van der Waals surface area contributed by atoms with Crippen LogP contribution in [0.3, 0.4) is 0 Å². The van der Waals surface area contributed by atoms with Crippen LogP contribution in [0.2, 0.25) is 0 Å². The molecule has 1 rings (SSSR count). The van der Waals surface area contributed by atoms with Gasteiger partial charge < -0.3 is 10.1 Å². The molecule has 1 atom stereocenters. The third-order valence-corrected chi connectivity index (χ3v) is 2.82. The monoisotopic (exact) mass is 185 g/mol. The third-order valence-electron chi connectivity index (χ3n) is 2.82. The Kier molecular flexibility index (Phi) is 5.40. The van der Waals surface area contributed by atoms with Gasteiger partial charge in [0.25, 0.3) is 0 Å². The molecule has 0 aliphatic heterocycles. The smallest absolute Gasteiger partial charge is 0.0616 e. The molecule has 1 unspecified atom stereocenters. The van der Waals surface area contributed by atoms with Crippen LogP contribution in [0, 0.1) is 5.92 Å². The molecule has 13 heavy (non-hydrogen) atoms. The number of hydrogen-bond donors (Lipinski definition) is 1. The predicted molar refractivity (Wildman–Crippen MR) is 55.9 cm³/mol. The zero-order valence-corrected chi connectivity index (χ0v) is 9.01. The van der Waals surface area contributed by atoms with Gasteiger partial charge in [0, 0.05) is 12.6 Å². The van der Waals surface area contributed by atoms with Gasteiger partial charge in [-0.1, -0.05) is 26.2 Å². The summed E-state index contributed by atoms with van der Waals surface area (Å²) >= 11 is 0. The van der Waals surface area contributed by atoms with Gasteiger partial charge in [-0.3, -0.25) is 0 Å². The molecule has 0 aromatic heterocycles. The van der Waals surface area contributed by atoms with E-state index in [9.17, 15) is 0 Å². The number of rotatable bonds is 7. The molecule has 0 spiro atoms. The van der Waals surface area contributed by atoms with Gasteiger partial charge in [-0.15, -0.1) is 0 Å². The molecule has 78 valence electrons. The van der Waals surface area contributed by atoms with Gasteiger partial charge in [-0.25, -0.2) is 0 Å². The number of hydrogen-bond acceptors (Lipinski definition) is 2. The van der Waals surface area contributed by atoms with Crippen LogP contribution in [0.1, 0.15) is 39.5 Å². The summed E-state index contributed by atoms with van der Waals surface area (Å²) < 4.78 is 5.59. The molecule has 1 N–H and O–H groups in total. The van der Waals surface area contributed by atoms with Gasteiger partial charge in [-0.05, 0) is 25.8 Å². The van der Waals surface area contributed by atoms with Crippen molar-refractivity contribution in [2.24, 2.45) is 5.92 Å². The normalized spacial score (nSPS) is 19.8. The first-order chi connectivity index (χ1) is 6.33. The first-order valence-corrected chi connectivity index (χ1v) is 5.64. The van der Waals surface area contributed by atoms with E-state index in [-0.39, 0.29) is 0 Å². The zero-order chi connectivity index (χ0) is 9.52. The Morgan fingerprint density at radius 1 is 1.46 bits per heavy atom. The molecule has 1 aliphatic carbocycles. The fourth-order valence-corrected chi connectivity index (χ4v) is 1.70. The molecular weight excluding hydrogens is 162 g/mol. The van der Waals surface area contributed by atoms with E-state index in [1.807, 2.05) is 0 Å². The van der Waals surface area contributed by atoms with Crippen LogP contribution >= 0.6 is 0 Å². The summed E-state index contributed by atoms with van der Waals surface area (Å²) in [6.45, 7) is 7.16. The van der Waals surface area contributed by atoms with Crippen molar-refractivity contribution in [3.05, 3.63) is 0 Å². The average Bonchev–Trinajstić information content (AvgIpc) is 2.01. The Bertz CT molecular complexity index is 123. The molecule has 0 heterocycles. The van der Waals surface area contributed by atoms with Crippen molar-refractivity contribution in [2.45, 2.75) is 45.6 Å². The van der Waals surface area contributed by atoms with E-state index in [0.717, 1.165) is 25.7 Å². The van der Waals surface area contributed by atoms with Crippen molar-refractivity contribution in [3.8, 4) is 0 Å². The second kappa shape index (κ2) is 6.39. The zero-order valence-electron chi connectivity index (χ0n) is 9.01. The lowest BCUT2D eigenvalue weighted by atomic mass is 9.83. The van der Waals surface area contributed by atoms with E-state index < -0.39 is 0 Å². The fraction of sp³-hybridized carbons (Fsp3) is 1.00. The lowest BCUT2D eigenvalue weighted by Crippen LogP contribution is -2.30. The molecular formula is C11H23NO. The Morgan fingerprint density at radius 2 is 2.23 bits per heavy atom. The van der Waals surface area contributed by atoms with Crippen LogP contribution in [-0.4, -0.2) is 25.8 Å². The van der Waals surface area contributed by atoms with Gasteiger partial charge in [0.2, 0.25) is 0 Å². The van der Waals surface area contributed by atoms with Crippen LogP contribution < -0.4 is 5.32 Å². The van der Waals surface area contributed by atoms with Crippen molar-refractivity contribution in [3.63, 3.8) is 0 Å². The lowest BCUT2D eigenvalue weighted by molar-refractivity contribution is 0.0926. The summed E-state index contributed by atoms with van der Waals surface area (Å²) in [6, 6.07) is 0.506. The predicted octanol–water partition coefficient (Wildman–Crippen LogP) is 2.19. The highest BCUT2D eigenvalue weighted by Gasteiger charge is 2.16. The molecule has 0 saturated heterocycles. The largest absolute Gasteiger partial charge is 0.380 e. The first kappa shape index (κ1) is 11.0. The molecule has 1 aliphatic rings. The molecule has 0 radical (unpaired) electrons. The van der Waals surface area contributed by atoms with Crippen molar-refractivity contribution >= 4 is 0 Å². The van der Waals surface area contributed by atoms with Gasteiger partial charge in [0.1, 0.15) is 0 Å². The van der Waals surface area contributed by atoms with Crippen molar-refractivity contribution < 1.29 is 4.74 Å². The molecule has 2 nitrogen and oxygen atoms in total. The van der Waals surface area contributed by atoms with E-state index >= 15 is 0 Å². The molecule has 2 heteroatoms. The maximum Gasteiger partial charge on any atom is 0.0616 e. The summed E-state index contributed by atoms with van der Waals surface area (Å²) in [5, 5.41) is 3.34. The molecule has 0 aromatic rings.